The summed E-state index contributed by atoms with van der Waals surface area (Å²) < 4.78 is 32.6. The summed E-state index contributed by atoms with van der Waals surface area (Å²) >= 11 is 0. The van der Waals surface area contributed by atoms with Crippen molar-refractivity contribution in [1.29, 1.82) is 0 Å². The minimum absolute atomic E-state index is 0.0970. The third kappa shape index (κ3) is 6.40. The SMILES string of the molecule is CC(C)(C)OC(=O)N1CCC(C(=O)N2CCN(C(c3ccc(F)cc3)c3ccc(F)cc3)CC2)CC1. The second kappa shape index (κ2) is 10.9. The van der Waals surface area contributed by atoms with Crippen molar-refractivity contribution in [2.75, 3.05) is 39.3 Å². The molecule has 2 heterocycles. The number of likely N-dealkylation sites (tertiary alicyclic amines) is 1. The summed E-state index contributed by atoms with van der Waals surface area (Å²) in [5, 5.41) is 0. The monoisotopic (exact) mass is 499 g/mol. The average Bonchev–Trinajstić information content (AvgIpc) is 2.85. The van der Waals surface area contributed by atoms with Crippen LogP contribution in [0.3, 0.4) is 0 Å². The smallest absolute Gasteiger partial charge is 0.410 e. The quantitative estimate of drug-likeness (QED) is 0.604. The third-order valence-electron chi connectivity index (χ3n) is 6.86. The molecule has 0 atom stereocenters. The van der Waals surface area contributed by atoms with Gasteiger partial charge in [-0.3, -0.25) is 9.69 Å². The van der Waals surface area contributed by atoms with Gasteiger partial charge in [-0.15, -0.1) is 0 Å². The van der Waals surface area contributed by atoms with E-state index in [0.29, 0.717) is 52.1 Å². The first kappa shape index (κ1) is 26.1. The first-order valence-corrected chi connectivity index (χ1v) is 12.6. The Hall–Kier alpha value is -3.00. The van der Waals surface area contributed by atoms with E-state index >= 15 is 0 Å². The Bertz CT molecular complexity index is 992. The molecule has 2 fully saturated rings. The predicted octanol–water partition coefficient (Wildman–Crippen LogP) is 4.85. The summed E-state index contributed by atoms with van der Waals surface area (Å²) in [6, 6.07) is 12.7. The molecule has 2 aromatic rings. The molecule has 0 N–H and O–H groups in total. The molecule has 0 radical (unpaired) electrons. The molecule has 194 valence electrons. The first-order valence-electron chi connectivity index (χ1n) is 12.6. The molecule has 0 aliphatic carbocycles. The highest BCUT2D eigenvalue weighted by atomic mass is 19.1. The Morgan fingerprint density at radius 2 is 1.25 bits per heavy atom. The number of benzene rings is 2. The first-order chi connectivity index (χ1) is 17.1. The molecule has 4 rings (SSSR count). The highest BCUT2D eigenvalue weighted by Crippen LogP contribution is 2.31. The van der Waals surface area contributed by atoms with Crippen molar-refractivity contribution in [2.24, 2.45) is 5.92 Å². The van der Waals surface area contributed by atoms with Crippen molar-refractivity contribution in [3.63, 3.8) is 0 Å². The summed E-state index contributed by atoms with van der Waals surface area (Å²) in [5.74, 6) is -0.562. The van der Waals surface area contributed by atoms with Gasteiger partial charge in [0, 0.05) is 45.2 Å². The van der Waals surface area contributed by atoms with Crippen LogP contribution in [0.1, 0.15) is 50.8 Å². The van der Waals surface area contributed by atoms with Crippen LogP contribution >= 0.6 is 0 Å². The Morgan fingerprint density at radius 1 is 0.778 bits per heavy atom. The topological polar surface area (TPSA) is 53.1 Å². The maximum Gasteiger partial charge on any atom is 0.410 e. The molecule has 0 bridgehead atoms. The largest absolute Gasteiger partial charge is 0.444 e. The molecule has 2 aliphatic heterocycles. The summed E-state index contributed by atoms with van der Waals surface area (Å²) in [7, 11) is 0. The number of carbonyl (C=O) groups excluding carboxylic acids is 2. The van der Waals surface area contributed by atoms with Crippen LogP contribution in [0.2, 0.25) is 0 Å². The standard InChI is InChI=1S/C28H35F2N3O3/c1-28(2,3)36-27(35)33-14-12-22(13-15-33)26(34)32-18-16-31(17-19-32)25(20-4-8-23(29)9-5-20)21-6-10-24(30)11-7-21/h4-11,22,25H,12-19H2,1-3H3. The number of piperazine rings is 1. The summed E-state index contributed by atoms with van der Waals surface area (Å²) in [6.45, 7) is 9.05. The zero-order valence-electron chi connectivity index (χ0n) is 21.3. The maximum atomic E-state index is 13.6. The van der Waals surface area contributed by atoms with Crippen molar-refractivity contribution in [3.05, 3.63) is 71.3 Å². The van der Waals surface area contributed by atoms with Gasteiger partial charge in [0.1, 0.15) is 17.2 Å². The Balaban J connectivity index is 1.36. The van der Waals surface area contributed by atoms with E-state index < -0.39 is 5.60 Å². The lowest BCUT2D eigenvalue weighted by atomic mass is 9.94. The van der Waals surface area contributed by atoms with Gasteiger partial charge in [0.2, 0.25) is 5.91 Å². The minimum atomic E-state index is -0.539. The van der Waals surface area contributed by atoms with Crippen LogP contribution in [0.5, 0.6) is 0 Å². The highest BCUT2D eigenvalue weighted by Gasteiger charge is 2.34. The summed E-state index contributed by atoms with van der Waals surface area (Å²) in [6.07, 6.45) is 0.938. The molecule has 0 aromatic heterocycles. The van der Waals surface area contributed by atoms with Crippen LogP contribution in [-0.4, -0.2) is 71.6 Å². The van der Waals surface area contributed by atoms with E-state index in [1.807, 2.05) is 25.7 Å². The lowest BCUT2D eigenvalue weighted by Crippen LogP contribution is -2.52. The van der Waals surface area contributed by atoms with E-state index in [1.165, 1.54) is 24.3 Å². The normalized spacial score (nSPS) is 17.9. The van der Waals surface area contributed by atoms with Crippen molar-refractivity contribution < 1.29 is 23.1 Å². The van der Waals surface area contributed by atoms with Gasteiger partial charge in [0.25, 0.3) is 0 Å². The molecule has 2 amide bonds. The zero-order valence-corrected chi connectivity index (χ0v) is 21.3. The van der Waals surface area contributed by atoms with Crippen molar-refractivity contribution in [3.8, 4) is 0 Å². The molecule has 0 spiro atoms. The van der Waals surface area contributed by atoms with E-state index in [2.05, 4.69) is 4.90 Å². The Morgan fingerprint density at radius 3 is 1.69 bits per heavy atom. The predicted molar refractivity (Wildman–Crippen MR) is 133 cm³/mol. The van der Waals surface area contributed by atoms with Crippen molar-refractivity contribution in [1.82, 2.24) is 14.7 Å². The van der Waals surface area contributed by atoms with Gasteiger partial charge >= 0.3 is 6.09 Å². The maximum absolute atomic E-state index is 13.6. The number of halogens is 2. The molecular weight excluding hydrogens is 464 g/mol. The van der Waals surface area contributed by atoms with Gasteiger partial charge in [-0.25, -0.2) is 13.6 Å². The van der Waals surface area contributed by atoms with E-state index in [1.54, 1.807) is 29.2 Å². The van der Waals surface area contributed by atoms with Crippen LogP contribution in [0.4, 0.5) is 13.6 Å². The zero-order chi connectivity index (χ0) is 25.9. The molecule has 2 aromatic carbocycles. The van der Waals surface area contributed by atoms with E-state index in [0.717, 1.165) is 11.1 Å². The van der Waals surface area contributed by atoms with Gasteiger partial charge in [-0.1, -0.05) is 24.3 Å². The number of carbonyl (C=O) groups is 2. The van der Waals surface area contributed by atoms with Crippen LogP contribution in [0.25, 0.3) is 0 Å². The molecule has 0 saturated carbocycles. The van der Waals surface area contributed by atoms with Gasteiger partial charge in [0.05, 0.1) is 6.04 Å². The highest BCUT2D eigenvalue weighted by molar-refractivity contribution is 5.79. The number of piperidine rings is 1. The van der Waals surface area contributed by atoms with E-state index in [4.69, 9.17) is 4.74 Å². The summed E-state index contributed by atoms with van der Waals surface area (Å²) in [4.78, 5) is 31.4. The molecular formula is C28H35F2N3O3. The lowest BCUT2D eigenvalue weighted by Gasteiger charge is -2.41. The molecule has 6 nitrogen and oxygen atoms in total. The fourth-order valence-electron chi connectivity index (χ4n) is 5.00. The number of hydrogen-bond acceptors (Lipinski definition) is 4. The number of ether oxygens (including phenoxy) is 1. The average molecular weight is 500 g/mol. The second-order valence-electron chi connectivity index (χ2n) is 10.6. The van der Waals surface area contributed by atoms with Gasteiger partial charge in [0.15, 0.2) is 0 Å². The van der Waals surface area contributed by atoms with Gasteiger partial charge in [-0.05, 0) is 69.0 Å². The fourth-order valence-corrected chi connectivity index (χ4v) is 5.00. The van der Waals surface area contributed by atoms with E-state index in [-0.39, 0.29) is 35.6 Å². The molecule has 8 heteroatoms. The molecule has 2 saturated heterocycles. The van der Waals surface area contributed by atoms with Gasteiger partial charge < -0.3 is 14.5 Å². The summed E-state index contributed by atoms with van der Waals surface area (Å²) in [5.41, 5.74) is 1.32. The number of rotatable bonds is 4. The number of hydrogen-bond donors (Lipinski definition) is 0. The van der Waals surface area contributed by atoms with E-state index in [9.17, 15) is 18.4 Å². The van der Waals surface area contributed by atoms with Crippen molar-refractivity contribution >= 4 is 12.0 Å². The third-order valence-corrected chi connectivity index (χ3v) is 6.86. The van der Waals surface area contributed by atoms with Crippen LogP contribution in [0.15, 0.2) is 48.5 Å². The molecule has 36 heavy (non-hydrogen) atoms. The minimum Gasteiger partial charge on any atom is -0.444 e. The Labute approximate surface area is 211 Å². The second-order valence-corrected chi connectivity index (χ2v) is 10.6. The van der Waals surface area contributed by atoms with Crippen LogP contribution in [0, 0.1) is 17.6 Å². The van der Waals surface area contributed by atoms with Gasteiger partial charge in [-0.2, -0.15) is 0 Å². The van der Waals surface area contributed by atoms with Crippen molar-refractivity contribution in [2.45, 2.75) is 45.3 Å². The molecule has 2 aliphatic rings. The fraction of sp³-hybridized carbons (Fsp3) is 0.500. The number of nitrogens with zero attached hydrogens (tertiary/aromatic N) is 3. The Kier molecular flexibility index (Phi) is 7.93. The lowest BCUT2D eigenvalue weighted by molar-refractivity contribution is -0.139. The van der Waals surface area contributed by atoms with Crippen LogP contribution < -0.4 is 0 Å². The number of amides is 2. The molecule has 0 unspecified atom stereocenters. The van der Waals surface area contributed by atoms with Crippen LogP contribution in [-0.2, 0) is 9.53 Å².